The summed E-state index contributed by atoms with van der Waals surface area (Å²) < 4.78 is 11.6. The van der Waals surface area contributed by atoms with Crippen LogP contribution in [0.2, 0.25) is 0 Å². The van der Waals surface area contributed by atoms with E-state index in [1.165, 1.54) is 7.11 Å². The maximum absolute atomic E-state index is 11.0. The van der Waals surface area contributed by atoms with Gasteiger partial charge in [-0.15, -0.1) is 0 Å². The molecule has 8 nitrogen and oxygen atoms in total. The van der Waals surface area contributed by atoms with Gasteiger partial charge in [0.25, 0.3) is 0 Å². The molecule has 3 aromatic rings. The van der Waals surface area contributed by atoms with E-state index < -0.39 is 5.79 Å². The van der Waals surface area contributed by atoms with Crippen molar-refractivity contribution < 1.29 is 14.3 Å². The number of methoxy groups -OCH3 is 1. The van der Waals surface area contributed by atoms with Crippen LogP contribution in [0.3, 0.4) is 0 Å². The molecule has 0 saturated carbocycles. The highest BCUT2D eigenvalue weighted by atomic mass is 16.7. The van der Waals surface area contributed by atoms with Crippen LogP contribution in [0.5, 0.6) is 6.01 Å². The number of allylic oxidation sites excluding steroid dienone is 2. The number of ether oxygens (including phenoxy) is 2. The summed E-state index contributed by atoms with van der Waals surface area (Å²) in [5, 5.41) is 6.31. The fraction of sp³-hybridized carbons (Fsp3) is 0.130. The monoisotopic (exact) mass is 415 g/mol. The number of carbonyl (C=O) groups excluding carboxylic acids is 1. The van der Waals surface area contributed by atoms with Gasteiger partial charge in [-0.2, -0.15) is 15.0 Å². The topological polar surface area (TPSA) is 98.3 Å². The number of aldehydes is 1. The van der Waals surface area contributed by atoms with Gasteiger partial charge < -0.3 is 20.1 Å². The maximum Gasteiger partial charge on any atom is 0.325 e. The molecule has 2 N–H and O–H groups in total. The molecule has 0 spiro atoms. The Labute approximate surface area is 179 Å². The molecule has 1 aromatic heterocycles. The Kier molecular flexibility index (Phi) is 6.00. The van der Waals surface area contributed by atoms with E-state index in [0.29, 0.717) is 23.9 Å². The number of hydrogen-bond acceptors (Lipinski definition) is 8. The molecule has 31 heavy (non-hydrogen) atoms. The first kappa shape index (κ1) is 20.2. The van der Waals surface area contributed by atoms with Gasteiger partial charge in [0.15, 0.2) is 0 Å². The van der Waals surface area contributed by atoms with Crippen LogP contribution in [0.25, 0.3) is 0 Å². The predicted octanol–water partition coefficient (Wildman–Crippen LogP) is 4.17. The summed E-state index contributed by atoms with van der Waals surface area (Å²) in [5.41, 5.74) is 2.20. The van der Waals surface area contributed by atoms with Crippen LogP contribution < -0.4 is 15.4 Å². The van der Waals surface area contributed by atoms with Crippen LogP contribution in [0.15, 0.2) is 84.5 Å². The number of carbonyl (C=O) groups is 1. The molecule has 1 atom stereocenters. The Morgan fingerprint density at radius 2 is 1.48 bits per heavy atom. The van der Waals surface area contributed by atoms with Crippen LogP contribution in [-0.4, -0.2) is 34.1 Å². The van der Waals surface area contributed by atoms with Crippen molar-refractivity contribution in [1.29, 1.82) is 0 Å². The fourth-order valence-electron chi connectivity index (χ4n) is 2.95. The lowest BCUT2D eigenvalue weighted by molar-refractivity contribution is -0.127. The van der Waals surface area contributed by atoms with Crippen molar-refractivity contribution in [3.05, 3.63) is 84.5 Å². The molecule has 156 valence electrons. The lowest BCUT2D eigenvalue weighted by Crippen LogP contribution is -2.37. The minimum atomic E-state index is -1.12. The third-order valence-corrected chi connectivity index (χ3v) is 4.57. The molecule has 1 unspecified atom stereocenters. The second-order valence-corrected chi connectivity index (χ2v) is 6.72. The molecule has 8 heteroatoms. The first-order chi connectivity index (χ1) is 15.2. The van der Waals surface area contributed by atoms with Gasteiger partial charge in [-0.1, -0.05) is 42.5 Å². The van der Waals surface area contributed by atoms with Crippen LogP contribution >= 0.6 is 0 Å². The summed E-state index contributed by atoms with van der Waals surface area (Å²) in [6.07, 6.45) is 6.18. The predicted molar refractivity (Wildman–Crippen MR) is 118 cm³/mol. The molecule has 2 aromatic carbocycles. The number of benzene rings is 2. The van der Waals surface area contributed by atoms with Crippen LogP contribution in [0, 0.1) is 0 Å². The highest BCUT2D eigenvalue weighted by molar-refractivity contribution is 5.78. The summed E-state index contributed by atoms with van der Waals surface area (Å²) in [6.45, 7) is 0. The van der Waals surface area contributed by atoms with Gasteiger partial charge in [0, 0.05) is 30.5 Å². The normalized spacial score (nSPS) is 17.5. The van der Waals surface area contributed by atoms with Gasteiger partial charge >= 0.3 is 6.01 Å². The quantitative estimate of drug-likeness (QED) is 0.418. The smallest absolute Gasteiger partial charge is 0.325 e. The van der Waals surface area contributed by atoms with Crippen molar-refractivity contribution in [2.75, 3.05) is 17.7 Å². The van der Waals surface area contributed by atoms with Crippen LogP contribution in [0.1, 0.15) is 6.42 Å². The van der Waals surface area contributed by atoms with E-state index in [1.807, 2.05) is 60.7 Å². The number of aromatic nitrogens is 3. The first-order valence-electron chi connectivity index (χ1n) is 9.67. The van der Waals surface area contributed by atoms with Gasteiger partial charge in [-0.3, -0.25) is 4.79 Å². The van der Waals surface area contributed by atoms with E-state index in [-0.39, 0.29) is 6.01 Å². The lowest BCUT2D eigenvalue weighted by Gasteiger charge is -2.29. The van der Waals surface area contributed by atoms with Gasteiger partial charge in [-0.25, -0.2) is 0 Å². The largest absolute Gasteiger partial charge is 0.426 e. The SMILES string of the molecule is COC1(Oc2nc(Nc3ccccc3)nc(Nc3ccccc3)n2)C=CC(C=O)=CC1. The highest BCUT2D eigenvalue weighted by Crippen LogP contribution is 2.28. The third kappa shape index (κ3) is 5.12. The number of nitrogens with one attached hydrogen (secondary N) is 2. The zero-order valence-corrected chi connectivity index (χ0v) is 16.9. The number of para-hydroxylation sites is 2. The summed E-state index contributed by atoms with van der Waals surface area (Å²) in [5.74, 6) is -0.503. The Balaban J connectivity index is 1.64. The molecule has 1 heterocycles. The molecule has 0 fully saturated rings. The molecule has 1 aliphatic carbocycles. The van der Waals surface area contributed by atoms with Crippen molar-refractivity contribution in [2.24, 2.45) is 0 Å². The Morgan fingerprint density at radius 3 is 1.94 bits per heavy atom. The number of rotatable bonds is 8. The number of hydrogen-bond donors (Lipinski definition) is 2. The molecule has 0 bridgehead atoms. The van der Waals surface area contributed by atoms with E-state index in [1.54, 1.807) is 18.2 Å². The van der Waals surface area contributed by atoms with E-state index in [9.17, 15) is 4.79 Å². The van der Waals surface area contributed by atoms with E-state index in [2.05, 4.69) is 25.6 Å². The maximum atomic E-state index is 11.0. The fourth-order valence-corrected chi connectivity index (χ4v) is 2.95. The van der Waals surface area contributed by atoms with Crippen molar-refractivity contribution >= 4 is 29.6 Å². The molecule has 0 aliphatic heterocycles. The second-order valence-electron chi connectivity index (χ2n) is 6.72. The van der Waals surface area contributed by atoms with Crippen molar-refractivity contribution in [3.63, 3.8) is 0 Å². The van der Waals surface area contributed by atoms with Gasteiger partial charge in [0.2, 0.25) is 17.7 Å². The average Bonchev–Trinajstić information content (AvgIpc) is 2.81. The van der Waals surface area contributed by atoms with Crippen LogP contribution in [-0.2, 0) is 9.53 Å². The first-order valence-corrected chi connectivity index (χ1v) is 9.67. The van der Waals surface area contributed by atoms with Crippen molar-refractivity contribution in [1.82, 2.24) is 15.0 Å². The summed E-state index contributed by atoms with van der Waals surface area (Å²) in [6, 6.07) is 19.2. The molecule has 1 aliphatic rings. The zero-order chi connectivity index (χ0) is 21.5. The van der Waals surface area contributed by atoms with Crippen molar-refractivity contribution in [2.45, 2.75) is 12.2 Å². The minimum Gasteiger partial charge on any atom is -0.426 e. The van der Waals surface area contributed by atoms with Crippen LogP contribution in [0.4, 0.5) is 23.3 Å². The molecule has 0 radical (unpaired) electrons. The highest BCUT2D eigenvalue weighted by Gasteiger charge is 2.32. The third-order valence-electron chi connectivity index (χ3n) is 4.57. The number of nitrogens with zero attached hydrogens (tertiary/aromatic N) is 3. The Bertz CT molecular complexity index is 1040. The molecular formula is C23H21N5O3. The Morgan fingerprint density at radius 1 is 0.903 bits per heavy atom. The summed E-state index contributed by atoms with van der Waals surface area (Å²) in [7, 11) is 1.53. The average molecular weight is 415 g/mol. The molecule has 4 rings (SSSR count). The lowest BCUT2D eigenvalue weighted by atomic mass is 10.0. The van der Waals surface area contributed by atoms with Gasteiger partial charge in [0.1, 0.15) is 6.29 Å². The van der Waals surface area contributed by atoms with Gasteiger partial charge in [-0.05, 0) is 36.4 Å². The second kappa shape index (κ2) is 9.19. The van der Waals surface area contributed by atoms with E-state index in [0.717, 1.165) is 17.7 Å². The summed E-state index contributed by atoms with van der Waals surface area (Å²) in [4.78, 5) is 24.2. The standard InChI is InChI=1S/C23H21N5O3/c1-30-23(14-12-17(16-29)13-15-23)31-22-27-20(24-18-8-4-2-5-9-18)26-21(28-22)25-19-10-6-3-7-11-19/h2-14,16H,15H2,1H3,(H2,24,25,26,27,28). The van der Waals surface area contributed by atoms with Gasteiger partial charge in [0.05, 0.1) is 0 Å². The zero-order valence-electron chi connectivity index (χ0n) is 16.9. The molecule has 0 amide bonds. The van der Waals surface area contributed by atoms with E-state index in [4.69, 9.17) is 9.47 Å². The number of anilines is 4. The molecule has 0 saturated heterocycles. The minimum absolute atomic E-state index is 0.0707. The molecular weight excluding hydrogens is 394 g/mol. The van der Waals surface area contributed by atoms with E-state index >= 15 is 0 Å². The van der Waals surface area contributed by atoms with Crippen molar-refractivity contribution in [3.8, 4) is 6.01 Å². The Hall–Kier alpha value is -4.04. The summed E-state index contributed by atoms with van der Waals surface area (Å²) >= 11 is 0.